The van der Waals surface area contributed by atoms with Crippen molar-refractivity contribution in [3.05, 3.63) is 17.0 Å². The van der Waals surface area contributed by atoms with Crippen molar-refractivity contribution < 1.29 is 15.3 Å². The molecule has 1 rings (SSSR count). The summed E-state index contributed by atoms with van der Waals surface area (Å²) in [6, 6.07) is 4.03. The van der Waals surface area contributed by atoms with Gasteiger partial charge >= 0.3 is 0 Å². The zero-order valence-electron chi connectivity index (χ0n) is 11.3. The second-order valence-electron chi connectivity index (χ2n) is 4.18. The van der Waals surface area contributed by atoms with Crippen LogP contribution in [0.3, 0.4) is 0 Å². The van der Waals surface area contributed by atoms with Crippen LogP contribution in [0.5, 0.6) is 0 Å². The first-order valence-corrected chi connectivity index (χ1v) is 8.36. The molecule has 3 N–H and O–H groups in total. The number of aliphatic hydroxyl groups is 3. The third kappa shape index (κ3) is 6.25. The van der Waals surface area contributed by atoms with Crippen LogP contribution in [-0.4, -0.2) is 58.8 Å². The van der Waals surface area contributed by atoms with Gasteiger partial charge in [0.05, 0.1) is 23.5 Å². The molecule has 19 heavy (non-hydrogen) atoms. The van der Waals surface area contributed by atoms with Crippen molar-refractivity contribution in [2.45, 2.75) is 23.7 Å². The zero-order valence-corrected chi connectivity index (χ0v) is 12.9. The molecule has 0 fully saturated rings. The van der Waals surface area contributed by atoms with Gasteiger partial charge in [0.25, 0.3) is 0 Å². The van der Waals surface area contributed by atoms with Crippen molar-refractivity contribution in [1.82, 2.24) is 4.90 Å². The predicted octanol–water partition coefficient (Wildman–Crippen LogP) is 1.57. The summed E-state index contributed by atoms with van der Waals surface area (Å²) in [6.45, 7) is 4.01. The highest BCUT2D eigenvalue weighted by molar-refractivity contribution is 8.01. The average Bonchev–Trinajstić information content (AvgIpc) is 2.85. The fourth-order valence-corrected chi connectivity index (χ4v) is 3.88. The highest BCUT2D eigenvalue weighted by Crippen LogP contribution is 2.31. The van der Waals surface area contributed by atoms with E-state index in [4.69, 9.17) is 10.2 Å². The monoisotopic (exact) mass is 305 g/mol. The van der Waals surface area contributed by atoms with Crippen LogP contribution in [0.25, 0.3) is 0 Å². The van der Waals surface area contributed by atoms with E-state index in [1.807, 2.05) is 11.0 Å². The van der Waals surface area contributed by atoms with Crippen LogP contribution < -0.4 is 0 Å². The van der Waals surface area contributed by atoms with Crippen molar-refractivity contribution in [2.75, 3.05) is 38.6 Å². The van der Waals surface area contributed by atoms with Crippen molar-refractivity contribution >= 4 is 23.1 Å². The molecule has 0 bridgehead atoms. The Bertz CT molecular complexity index is 340. The molecule has 6 heteroatoms. The van der Waals surface area contributed by atoms with Crippen LogP contribution in [0.4, 0.5) is 0 Å². The lowest BCUT2D eigenvalue weighted by molar-refractivity contribution is 0.120. The maximum Gasteiger partial charge on any atom is 0.0894 e. The van der Waals surface area contributed by atoms with Gasteiger partial charge in [-0.3, -0.25) is 4.90 Å². The second-order valence-corrected chi connectivity index (χ2v) is 6.86. The predicted molar refractivity (Wildman–Crippen MR) is 80.9 cm³/mol. The molecule has 0 amide bonds. The lowest BCUT2D eigenvalue weighted by Crippen LogP contribution is -2.31. The van der Waals surface area contributed by atoms with E-state index in [2.05, 4.69) is 13.0 Å². The largest absolute Gasteiger partial charge is 0.395 e. The molecule has 110 valence electrons. The van der Waals surface area contributed by atoms with Crippen molar-refractivity contribution in [2.24, 2.45) is 0 Å². The van der Waals surface area contributed by atoms with E-state index in [9.17, 15) is 5.11 Å². The molecular weight excluding hydrogens is 282 g/mol. The molecule has 1 aromatic heterocycles. The molecule has 0 saturated heterocycles. The van der Waals surface area contributed by atoms with Gasteiger partial charge in [0.15, 0.2) is 0 Å². The van der Waals surface area contributed by atoms with Gasteiger partial charge in [-0.15, -0.1) is 23.1 Å². The first-order valence-electron chi connectivity index (χ1n) is 6.56. The maximum absolute atomic E-state index is 10.1. The molecule has 0 spiro atoms. The smallest absolute Gasteiger partial charge is 0.0894 e. The van der Waals surface area contributed by atoms with Gasteiger partial charge in [-0.25, -0.2) is 0 Å². The molecule has 1 heterocycles. The van der Waals surface area contributed by atoms with Crippen LogP contribution in [0.15, 0.2) is 16.3 Å². The van der Waals surface area contributed by atoms with Crippen LogP contribution in [0.2, 0.25) is 0 Å². The summed E-state index contributed by atoms with van der Waals surface area (Å²) in [5, 5.41) is 28.0. The molecule has 0 aliphatic carbocycles. The Morgan fingerprint density at radius 1 is 1.21 bits per heavy atom. The number of rotatable bonds is 10. The number of nitrogens with zero attached hydrogens (tertiary/aromatic N) is 1. The summed E-state index contributed by atoms with van der Waals surface area (Å²) in [6.07, 6.45) is 0.160. The molecule has 0 radical (unpaired) electrons. The number of hydrogen-bond acceptors (Lipinski definition) is 6. The van der Waals surface area contributed by atoms with Gasteiger partial charge in [0.1, 0.15) is 0 Å². The SMILES string of the molecule is CCSc1ccc(C(O)CCN(CCO)CCO)s1. The van der Waals surface area contributed by atoms with Crippen molar-refractivity contribution in [1.29, 1.82) is 0 Å². The minimum absolute atomic E-state index is 0.0758. The summed E-state index contributed by atoms with van der Waals surface area (Å²) >= 11 is 3.42. The van der Waals surface area contributed by atoms with E-state index in [1.165, 1.54) is 4.21 Å². The number of hydrogen-bond donors (Lipinski definition) is 3. The first kappa shape index (κ1) is 16.9. The van der Waals surface area contributed by atoms with E-state index in [0.717, 1.165) is 10.6 Å². The summed E-state index contributed by atoms with van der Waals surface area (Å²) in [4.78, 5) is 2.95. The van der Waals surface area contributed by atoms with E-state index in [0.29, 0.717) is 26.1 Å². The molecule has 0 aliphatic heterocycles. The standard InChI is InChI=1S/C13H23NO3S2/c1-2-18-13-4-3-12(19-13)11(17)5-6-14(7-9-15)8-10-16/h3-4,11,15-17H,2,5-10H2,1H3. The topological polar surface area (TPSA) is 63.9 Å². The molecular formula is C13H23NO3S2. The van der Waals surface area contributed by atoms with E-state index >= 15 is 0 Å². The van der Waals surface area contributed by atoms with E-state index < -0.39 is 6.10 Å². The van der Waals surface area contributed by atoms with Gasteiger partial charge < -0.3 is 15.3 Å². The van der Waals surface area contributed by atoms with Gasteiger partial charge in [0.2, 0.25) is 0 Å². The third-order valence-corrected chi connectivity index (χ3v) is 5.06. The zero-order chi connectivity index (χ0) is 14.1. The molecule has 1 aromatic rings. The molecule has 1 atom stereocenters. The Hall–Kier alpha value is -0.110. The molecule has 0 aliphatic rings. The quantitative estimate of drug-likeness (QED) is 0.573. The first-order chi connectivity index (χ1) is 9.21. The Kier molecular flexibility index (Phi) is 8.69. The Morgan fingerprint density at radius 3 is 2.47 bits per heavy atom. The van der Waals surface area contributed by atoms with Crippen molar-refractivity contribution in [3.63, 3.8) is 0 Å². The van der Waals surface area contributed by atoms with Crippen LogP contribution in [0, 0.1) is 0 Å². The normalized spacial score (nSPS) is 13.1. The minimum Gasteiger partial charge on any atom is -0.395 e. The summed E-state index contributed by atoms with van der Waals surface area (Å²) in [7, 11) is 0. The van der Waals surface area contributed by atoms with Crippen molar-refractivity contribution in [3.8, 4) is 0 Å². The van der Waals surface area contributed by atoms with Gasteiger partial charge in [0, 0.05) is 24.5 Å². The van der Waals surface area contributed by atoms with Gasteiger partial charge in [-0.2, -0.15) is 0 Å². The highest BCUT2D eigenvalue weighted by Gasteiger charge is 2.13. The fraction of sp³-hybridized carbons (Fsp3) is 0.692. The average molecular weight is 305 g/mol. The lowest BCUT2D eigenvalue weighted by Gasteiger charge is -2.21. The van der Waals surface area contributed by atoms with E-state index in [1.54, 1.807) is 23.1 Å². The molecule has 0 aromatic carbocycles. The fourth-order valence-electron chi connectivity index (χ4n) is 1.80. The van der Waals surface area contributed by atoms with Gasteiger partial charge in [-0.1, -0.05) is 6.92 Å². The lowest BCUT2D eigenvalue weighted by atomic mass is 10.2. The maximum atomic E-state index is 10.1. The second kappa shape index (κ2) is 9.74. The summed E-state index contributed by atoms with van der Waals surface area (Å²) < 4.78 is 1.24. The van der Waals surface area contributed by atoms with Crippen LogP contribution >= 0.6 is 23.1 Å². The summed E-state index contributed by atoms with van der Waals surface area (Å²) in [5.41, 5.74) is 0. The molecule has 1 unspecified atom stereocenters. The number of aliphatic hydroxyl groups excluding tert-OH is 3. The number of thioether (sulfide) groups is 1. The highest BCUT2D eigenvalue weighted by atomic mass is 32.2. The van der Waals surface area contributed by atoms with E-state index in [-0.39, 0.29) is 13.2 Å². The third-order valence-electron chi connectivity index (χ3n) is 2.77. The Morgan fingerprint density at radius 2 is 1.89 bits per heavy atom. The Balaban J connectivity index is 2.41. The van der Waals surface area contributed by atoms with Gasteiger partial charge in [-0.05, 0) is 24.3 Å². The summed E-state index contributed by atoms with van der Waals surface area (Å²) in [5.74, 6) is 1.04. The minimum atomic E-state index is -0.462. The van der Waals surface area contributed by atoms with Crippen LogP contribution in [0.1, 0.15) is 24.3 Å². The van der Waals surface area contributed by atoms with Crippen LogP contribution in [-0.2, 0) is 0 Å². The molecule has 4 nitrogen and oxygen atoms in total. The number of thiophene rings is 1. The molecule has 0 saturated carbocycles. The Labute approximate surface area is 123 Å².